The van der Waals surface area contributed by atoms with Crippen LogP contribution in [0.25, 0.3) is 0 Å². The van der Waals surface area contributed by atoms with Crippen molar-refractivity contribution in [3.8, 4) is 5.75 Å². The molecule has 1 saturated heterocycles. The third kappa shape index (κ3) is 2.67. The molecule has 2 aromatic carbocycles. The summed E-state index contributed by atoms with van der Waals surface area (Å²) in [6.45, 7) is 6.98. The highest BCUT2D eigenvalue weighted by molar-refractivity contribution is 5.47. The van der Waals surface area contributed by atoms with Crippen LogP contribution in [-0.4, -0.2) is 38.2 Å². The molecular weight excluding hydrogens is 332 g/mol. The minimum Gasteiger partial charge on any atom is -0.497 e. The van der Waals surface area contributed by atoms with E-state index in [2.05, 4.69) is 71.3 Å². The quantitative estimate of drug-likeness (QED) is 0.802. The maximum absolute atomic E-state index is 5.40. The zero-order valence-corrected chi connectivity index (χ0v) is 16.5. The molecule has 3 heteroatoms. The minimum atomic E-state index is 0.279. The van der Waals surface area contributed by atoms with Gasteiger partial charge in [-0.3, -0.25) is 4.90 Å². The van der Waals surface area contributed by atoms with Gasteiger partial charge in [-0.15, -0.1) is 0 Å². The fourth-order valence-corrected chi connectivity index (χ4v) is 6.08. The third-order valence-corrected chi connectivity index (χ3v) is 7.30. The molecule has 0 radical (unpaired) electrons. The van der Waals surface area contributed by atoms with E-state index in [1.54, 1.807) is 7.11 Å². The Morgan fingerprint density at radius 2 is 1.48 bits per heavy atom. The molecule has 2 unspecified atom stereocenters. The molecular formula is C24H30N2O. The minimum absolute atomic E-state index is 0.279. The largest absolute Gasteiger partial charge is 0.497 e. The first kappa shape index (κ1) is 17.1. The second-order valence-electron chi connectivity index (χ2n) is 8.65. The Bertz CT molecular complexity index is 768. The zero-order valence-electron chi connectivity index (χ0n) is 16.5. The second-order valence-corrected chi connectivity index (χ2v) is 8.65. The Hall–Kier alpha value is -2.00. The van der Waals surface area contributed by atoms with Crippen LogP contribution in [0.1, 0.15) is 25.3 Å². The van der Waals surface area contributed by atoms with Crippen LogP contribution in [-0.2, 0) is 5.54 Å². The number of para-hydroxylation sites is 1. The Labute approximate surface area is 162 Å². The van der Waals surface area contributed by atoms with Crippen molar-refractivity contribution < 1.29 is 4.74 Å². The molecule has 0 bridgehead atoms. The first-order valence-corrected chi connectivity index (χ1v) is 10.4. The molecule has 5 rings (SSSR count). The summed E-state index contributed by atoms with van der Waals surface area (Å²) in [6, 6.07) is 19.8. The molecule has 3 fully saturated rings. The van der Waals surface area contributed by atoms with Crippen LogP contribution in [0.4, 0.5) is 5.69 Å². The van der Waals surface area contributed by atoms with Crippen molar-refractivity contribution in [2.24, 2.45) is 17.8 Å². The Morgan fingerprint density at radius 1 is 0.852 bits per heavy atom. The van der Waals surface area contributed by atoms with E-state index in [-0.39, 0.29) is 5.54 Å². The van der Waals surface area contributed by atoms with Gasteiger partial charge >= 0.3 is 0 Å². The lowest BCUT2D eigenvalue weighted by Gasteiger charge is -2.43. The predicted octanol–water partition coefficient (Wildman–Crippen LogP) is 4.39. The molecule has 0 amide bonds. The molecule has 142 valence electrons. The van der Waals surface area contributed by atoms with Gasteiger partial charge in [-0.25, -0.2) is 0 Å². The predicted molar refractivity (Wildman–Crippen MR) is 110 cm³/mol. The van der Waals surface area contributed by atoms with Gasteiger partial charge in [0, 0.05) is 31.9 Å². The Kier molecular flexibility index (Phi) is 4.16. The van der Waals surface area contributed by atoms with E-state index in [1.807, 2.05) is 0 Å². The van der Waals surface area contributed by atoms with Crippen molar-refractivity contribution in [2.75, 3.05) is 38.2 Å². The smallest absolute Gasteiger partial charge is 0.118 e. The maximum atomic E-state index is 5.40. The summed E-state index contributed by atoms with van der Waals surface area (Å²) in [6.07, 6.45) is 2.77. The van der Waals surface area contributed by atoms with E-state index in [9.17, 15) is 0 Å². The molecule has 2 aromatic rings. The van der Waals surface area contributed by atoms with E-state index < -0.39 is 0 Å². The number of hydrogen-bond donors (Lipinski definition) is 0. The van der Waals surface area contributed by atoms with Gasteiger partial charge in [0.1, 0.15) is 5.75 Å². The lowest BCUT2D eigenvalue weighted by molar-refractivity contribution is 0.124. The Morgan fingerprint density at radius 3 is 2.07 bits per heavy atom. The monoisotopic (exact) mass is 362 g/mol. The molecule has 27 heavy (non-hydrogen) atoms. The number of hydrogen-bond acceptors (Lipinski definition) is 3. The lowest BCUT2D eigenvalue weighted by atomic mass is 9.89. The fraction of sp³-hybridized carbons (Fsp3) is 0.500. The van der Waals surface area contributed by atoms with Crippen molar-refractivity contribution in [2.45, 2.75) is 25.3 Å². The summed E-state index contributed by atoms with van der Waals surface area (Å²) >= 11 is 0. The summed E-state index contributed by atoms with van der Waals surface area (Å²) in [4.78, 5) is 5.36. The number of anilines is 1. The van der Waals surface area contributed by atoms with Gasteiger partial charge in [-0.2, -0.15) is 0 Å². The van der Waals surface area contributed by atoms with Crippen molar-refractivity contribution in [3.63, 3.8) is 0 Å². The van der Waals surface area contributed by atoms with Gasteiger partial charge in [0.15, 0.2) is 0 Å². The van der Waals surface area contributed by atoms with Crippen LogP contribution in [0.5, 0.6) is 5.75 Å². The summed E-state index contributed by atoms with van der Waals surface area (Å²) in [7, 11) is 1.75. The maximum Gasteiger partial charge on any atom is 0.118 e. The number of benzene rings is 2. The summed E-state index contributed by atoms with van der Waals surface area (Å²) in [5.41, 5.74) is 3.15. The van der Waals surface area contributed by atoms with E-state index >= 15 is 0 Å². The summed E-state index contributed by atoms with van der Waals surface area (Å²) in [5, 5.41) is 0. The zero-order chi connectivity index (χ0) is 18.4. The van der Waals surface area contributed by atoms with Crippen molar-refractivity contribution in [1.29, 1.82) is 0 Å². The van der Waals surface area contributed by atoms with Crippen LogP contribution in [0, 0.1) is 17.8 Å². The number of nitrogens with zero attached hydrogens (tertiary/aromatic N) is 2. The van der Waals surface area contributed by atoms with Gasteiger partial charge in [-0.05, 0) is 60.4 Å². The molecule has 3 aliphatic rings. The van der Waals surface area contributed by atoms with E-state index in [0.717, 1.165) is 49.7 Å². The van der Waals surface area contributed by atoms with Crippen LogP contribution in [0.3, 0.4) is 0 Å². The SMILES string of the molecule is COc1ccc(C2(N3CCN(c4ccccc4)CC3)[C@@H]3CC(C)C[C@@H]32)cc1. The standard InChI is InChI=1S/C24H30N2O/c1-18-16-22-23(17-18)24(22,19-8-10-21(27-2)11-9-19)26-14-12-25(13-15-26)20-6-4-3-5-7-20/h3-11,18,22-23H,12-17H2,1-2H3/t18?,22-,23+,24?. The molecule has 1 aliphatic heterocycles. The van der Waals surface area contributed by atoms with E-state index in [0.29, 0.717) is 0 Å². The number of fused-ring (bicyclic) bond motifs is 1. The molecule has 2 aliphatic carbocycles. The highest BCUT2D eigenvalue weighted by Gasteiger charge is 2.70. The Balaban J connectivity index is 1.38. The number of piperazine rings is 1. The van der Waals surface area contributed by atoms with Crippen LogP contribution >= 0.6 is 0 Å². The number of rotatable bonds is 4. The molecule has 2 saturated carbocycles. The van der Waals surface area contributed by atoms with Gasteiger partial charge < -0.3 is 9.64 Å². The van der Waals surface area contributed by atoms with Crippen LogP contribution in [0.2, 0.25) is 0 Å². The summed E-state index contributed by atoms with van der Waals surface area (Å²) in [5.74, 6) is 3.52. The van der Waals surface area contributed by atoms with Crippen molar-refractivity contribution in [1.82, 2.24) is 4.90 Å². The highest BCUT2D eigenvalue weighted by atomic mass is 16.5. The second kappa shape index (κ2) is 6.56. The molecule has 1 heterocycles. The highest BCUT2D eigenvalue weighted by Crippen LogP contribution is 2.70. The number of ether oxygens (including phenoxy) is 1. The molecule has 0 aromatic heterocycles. The van der Waals surface area contributed by atoms with E-state index in [1.165, 1.54) is 24.1 Å². The molecule has 0 spiro atoms. The van der Waals surface area contributed by atoms with Gasteiger partial charge in [-0.1, -0.05) is 37.3 Å². The molecule has 4 atom stereocenters. The van der Waals surface area contributed by atoms with Crippen molar-refractivity contribution >= 4 is 5.69 Å². The van der Waals surface area contributed by atoms with Crippen LogP contribution < -0.4 is 9.64 Å². The number of methoxy groups -OCH3 is 1. The summed E-state index contributed by atoms with van der Waals surface area (Å²) < 4.78 is 5.40. The third-order valence-electron chi connectivity index (χ3n) is 7.30. The molecule has 0 N–H and O–H groups in total. The first-order chi connectivity index (χ1) is 13.2. The average molecular weight is 363 g/mol. The van der Waals surface area contributed by atoms with E-state index in [4.69, 9.17) is 4.74 Å². The van der Waals surface area contributed by atoms with Gasteiger partial charge in [0.05, 0.1) is 12.6 Å². The van der Waals surface area contributed by atoms with Gasteiger partial charge in [0.25, 0.3) is 0 Å². The van der Waals surface area contributed by atoms with Crippen LogP contribution in [0.15, 0.2) is 54.6 Å². The first-order valence-electron chi connectivity index (χ1n) is 10.4. The normalized spacial score (nSPS) is 33.0. The lowest BCUT2D eigenvalue weighted by Crippen LogP contribution is -2.52. The van der Waals surface area contributed by atoms with Crippen molar-refractivity contribution in [3.05, 3.63) is 60.2 Å². The average Bonchev–Trinajstić information content (AvgIpc) is 3.15. The van der Waals surface area contributed by atoms with Gasteiger partial charge in [0.2, 0.25) is 0 Å². The molecule has 3 nitrogen and oxygen atoms in total. The fourth-order valence-electron chi connectivity index (χ4n) is 6.08. The topological polar surface area (TPSA) is 15.7 Å².